The Labute approximate surface area is 198 Å². The van der Waals surface area contributed by atoms with E-state index < -0.39 is 17.8 Å². The molecule has 0 aliphatic carbocycles. The number of urea groups is 1. The Morgan fingerprint density at radius 1 is 1.00 bits per heavy atom. The molecule has 0 saturated carbocycles. The molecule has 1 heterocycles. The zero-order valence-electron chi connectivity index (χ0n) is 19.1. The lowest BCUT2D eigenvalue weighted by atomic mass is 10.1. The maximum absolute atomic E-state index is 13.1. The Kier molecular flexibility index (Phi) is 8.30. The van der Waals surface area contributed by atoms with Crippen molar-refractivity contribution in [3.63, 3.8) is 0 Å². The van der Waals surface area contributed by atoms with Crippen LogP contribution in [-0.4, -0.2) is 37.7 Å². The number of amides is 4. The normalized spacial score (nSPS) is 14.6. The first-order chi connectivity index (χ1) is 16.5. The summed E-state index contributed by atoms with van der Waals surface area (Å²) in [4.78, 5) is 39.0. The van der Waals surface area contributed by atoms with Gasteiger partial charge < -0.3 is 14.2 Å². The van der Waals surface area contributed by atoms with Gasteiger partial charge in [0.05, 0.1) is 18.9 Å². The largest absolute Gasteiger partial charge is 0.494 e. The molecule has 4 amide bonds. The summed E-state index contributed by atoms with van der Waals surface area (Å²) in [6.07, 6.45) is 8.58. The van der Waals surface area contributed by atoms with Crippen molar-refractivity contribution in [1.82, 2.24) is 5.32 Å². The molecule has 8 heteroatoms. The predicted octanol–water partition coefficient (Wildman–Crippen LogP) is 3.94. The van der Waals surface area contributed by atoms with Gasteiger partial charge in [0, 0.05) is 0 Å². The van der Waals surface area contributed by atoms with Gasteiger partial charge in [0.1, 0.15) is 17.9 Å². The van der Waals surface area contributed by atoms with Crippen LogP contribution in [0.4, 0.5) is 10.5 Å². The van der Waals surface area contributed by atoms with Crippen molar-refractivity contribution in [3.05, 3.63) is 53.6 Å². The van der Waals surface area contributed by atoms with Gasteiger partial charge in [0.2, 0.25) is 0 Å². The minimum atomic E-state index is -0.820. The summed E-state index contributed by atoms with van der Waals surface area (Å²) in [6.45, 7) is 4.92. The molecule has 2 aromatic rings. The number of nitrogens with one attached hydrogen (secondary N) is 1. The molecule has 34 heavy (non-hydrogen) atoms. The summed E-state index contributed by atoms with van der Waals surface area (Å²) in [5, 5.41) is 2.21. The number of imide groups is 2. The number of carbonyl (C=O) groups excluding carboxylic acids is 3. The number of terminal acetylenes is 1. The molecule has 2 aromatic carbocycles. The van der Waals surface area contributed by atoms with Crippen LogP contribution in [0.3, 0.4) is 0 Å². The average Bonchev–Trinajstić information content (AvgIpc) is 2.82. The van der Waals surface area contributed by atoms with E-state index in [1.807, 2.05) is 6.92 Å². The van der Waals surface area contributed by atoms with Gasteiger partial charge in [-0.2, -0.15) is 0 Å². The maximum Gasteiger partial charge on any atom is 0.335 e. The lowest BCUT2D eigenvalue weighted by Crippen LogP contribution is -2.54. The second-order valence-electron chi connectivity index (χ2n) is 7.29. The van der Waals surface area contributed by atoms with E-state index in [4.69, 9.17) is 20.6 Å². The van der Waals surface area contributed by atoms with E-state index in [9.17, 15) is 14.4 Å². The van der Waals surface area contributed by atoms with Crippen LogP contribution in [0.15, 0.2) is 48.0 Å². The molecule has 0 unspecified atom stereocenters. The Bertz CT molecular complexity index is 1130. The van der Waals surface area contributed by atoms with Crippen LogP contribution in [0.5, 0.6) is 17.2 Å². The summed E-state index contributed by atoms with van der Waals surface area (Å²) in [7, 11) is 0. The quantitative estimate of drug-likeness (QED) is 0.249. The monoisotopic (exact) mass is 462 g/mol. The smallest absolute Gasteiger partial charge is 0.335 e. The van der Waals surface area contributed by atoms with Crippen molar-refractivity contribution in [2.45, 2.75) is 26.7 Å². The third-order valence-corrected chi connectivity index (χ3v) is 4.85. The minimum Gasteiger partial charge on any atom is -0.494 e. The zero-order valence-corrected chi connectivity index (χ0v) is 19.1. The number of hydrogen-bond acceptors (Lipinski definition) is 6. The number of rotatable bonds is 10. The molecule has 3 rings (SSSR count). The summed E-state index contributed by atoms with van der Waals surface area (Å²) in [5.41, 5.74) is 0.642. The lowest BCUT2D eigenvalue weighted by Gasteiger charge is -2.26. The standard InChI is InChI=1S/C26H26N2O6/c1-4-7-15-33-20-11-9-19(10-12-20)28-25(30)21(24(29)27-26(28)31)16-18-8-13-22(34-14-5-2)23(17-18)32-6-3/h2,8-13,16-17H,4,6-7,14-15H2,1,3H3,(H,27,29,31)/b21-16-. The van der Waals surface area contributed by atoms with E-state index >= 15 is 0 Å². The zero-order chi connectivity index (χ0) is 24.5. The topological polar surface area (TPSA) is 94.2 Å². The molecule has 1 N–H and O–H groups in total. The van der Waals surface area contributed by atoms with Crippen molar-refractivity contribution in [3.8, 4) is 29.6 Å². The molecule has 0 aromatic heterocycles. The summed E-state index contributed by atoms with van der Waals surface area (Å²) in [5.74, 6) is 2.36. The number of barbiturate groups is 1. The third kappa shape index (κ3) is 5.75. The molecule has 1 aliphatic rings. The van der Waals surface area contributed by atoms with Crippen LogP contribution in [0, 0.1) is 12.3 Å². The van der Waals surface area contributed by atoms with Crippen LogP contribution in [0.1, 0.15) is 32.3 Å². The SMILES string of the molecule is C#CCOc1ccc(/C=C2/C(=O)NC(=O)N(c3ccc(OCCCC)cc3)C2=O)cc1OCC. The highest BCUT2D eigenvalue weighted by Gasteiger charge is 2.36. The molecule has 1 saturated heterocycles. The minimum absolute atomic E-state index is 0.0703. The van der Waals surface area contributed by atoms with E-state index in [1.165, 1.54) is 6.08 Å². The van der Waals surface area contributed by atoms with Crippen LogP contribution in [0.2, 0.25) is 0 Å². The Hall–Kier alpha value is -4.25. The average molecular weight is 463 g/mol. The summed E-state index contributed by atoms with van der Waals surface area (Å²) >= 11 is 0. The maximum atomic E-state index is 13.1. The molecule has 176 valence electrons. The van der Waals surface area contributed by atoms with Gasteiger partial charge in [0.15, 0.2) is 11.5 Å². The number of benzene rings is 2. The molecule has 0 bridgehead atoms. The van der Waals surface area contributed by atoms with E-state index in [2.05, 4.69) is 18.2 Å². The first kappa shape index (κ1) is 24.4. The Balaban J connectivity index is 1.87. The van der Waals surface area contributed by atoms with Crippen molar-refractivity contribution >= 4 is 29.6 Å². The molecular formula is C26H26N2O6. The van der Waals surface area contributed by atoms with Crippen molar-refractivity contribution in [2.75, 3.05) is 24.7 Å². The first-order valence-corrected chi connectivity index (χ1v) is 11.0. The fraction of sp³-hybridized carbons (Fsp3) is 0.269. The fourth-order valence-electron chi connectivity index (χ4n) is 3.21. The molecule has 0 atom stereocenters. The van der Waals surface area contributed by atoms with Gasteiger partial charge in [-0.15, -0.1) is 6.42 Å². The number of nitrogens with zero attached hydrogens (tertiary/aromatic N) is 1. The van der Waals surface area contributed by atoms with E-state index in [-0.39, 0.29) is 12.2 Å². The van der Waals surface area contributed by atoms with Gasteiger partial charge in [-0.05, 0) is 61.4 Å². The number of unbranched alkanes of at least 4 members (excludes halogenated alkanes) is 1. The highest BCUT2D eigenvalue weighted by molar-refractivity contribution is 6.39. The molecule has 1 fully saturated rings. The van der Waals surface area contributed by atoms with E-state index in [0.717, 1.165) is 17.7 Å². The van der Waals surface area contributed by atoms with Crippen LogP contribution in [-0.2, 0) is 9.59 Å². The van der Waals surface area contributed by atoms with Gasteiger partial charge in [0.25, 0.3) is 11.8 Å². The van der Waals surface area contributed by atoms with Gasteiger partial charge in [-0.25, -0.2) is 9.69 Å². The summed E-state index contributed by atoms with van der Waals surface area (Å²) < 4.78 is 16.7. The van der Waals surface area contributed by atoms with Crippen LogP contribution >= 0.6 is 0 Å². The number of anilines is 1. The second kappa shape index (κ2) is 11.6. The summed E-state index contributed by atoms with van der Waals surface area (Å²) in [6, 6.07) is 10.6. The van der Waals surface area contributed by atoms with Crippen molar-refractivity contribution in [2.24, 2.45) is 0 Å². The molecule has 0 radical (unpaired) electrons. The molecular weight excluding hydrogens is 436 g/mol. The molecule has 1 aliphatic heterocycles. The van der Waals surface area contributed by atoms with Gasteiger partial charge in [-0.3, -0.25) is 14.9 Å². The molecule has 8 nitrogen and oxygen atoms in total. The lowest BCUT2D eigenvalue weighted by molar-refractivity contribution is -0.122. The van der Waals surface area contributed by atoms with E-state index in [1.54, 1.807) is 42.5 Å². The van der Waals surface area contributed by atoms with Crippen molar-refractivity contribution < 1.29 is 28.6 Å². The molecule has 0 spiro atoms. The number of hydrogen-bond donors (Lipinski definition) is 1. The van der Waals surface area contributed by atoms with Crippen LogP contribution < -0.4 is 24.4 Å². The van der Waals surface area contributed by atoms with Gasteiger partial charge in [-0.1, -0.05) is 25.3 Å². The number of ether oxygens (including phenoxy) is 3. The predicted molar refractivity (Wildman–Crippen MR) is 128 cm³/mol. The highest BCUT2D eigenvalue weighted by atomic mass is 16.5. The van der Waals surface area contributed by atoms with Crippen molar-refractivity contribution in [1.29, 1.82) is 0 Å². The van der Waals surface area contributed by atoms with Crippen LogP contribution in [0.25, 0.3) is 6.08 Å². The first-order valence-electron chi connectivity index (χ1n) is 11.0. The third-order valence-electron chi connectivity index (χ3n) is 4.85. The Morgan fingerprint density at radius 2 is 1.76 bits per heavy atom. The highest BCUT2D eigenvalue weighted by Crippen LogP contribution is 2.30. The fourth-order valence-corrected chi connectivity index (χ4v) is 3.21. The number of carbonyl (C=O) groups is 3. The van der Waals surface area contributed by atoms with E-state index in [0.29, 0.717) is 41.7 Å². The van der Waals surface area contributed by atoms with Gasteiger partial charge >= 0.3 is 6.03 Å². The Morgan fingerprint density at radius 3 is 2.44 bits per heavy atom. The second-order valence-corrected chi connectivity index (χ2v) is 7.29.